The van der Waals surface area contributed by atoms with Gasteiger partial charge in [0.1, 0.15) is 5.76 Å². The number of ether oxygens (including phenoxy) is 1. The third-order valence-electron chi connectivity index (χ3n) is 2.26. The predicted molar refractivity (Wildman–Crippen MR) is 56.4 cm³/mol. The van der Waals surface area contributed by atoms with Crippen molar-refractivity contribution in [1.29, 1.82) is 0 Å². The summed E-state index contributed by atoms with van der Waals surface area (Å²) in [7, 11) is 0. The smallest absolute Gasteiger partial charge is 0.422 e. The van der Waals surface area contributed by atoms with Crippen LogP contribution in [0, 0.1) is 0 Å². The van der Waals surface area contributed by atoms with E-state index in [0.29, 0.717) is 12.2 Å². The van der Waals surface area contributed by atoms with Gasteiger partial charge in [-0.1, -0.05) is 6.08 Å². The maximum Gasteiger partial charge on any atom is 0.422 e. The maximum atomic E-state index is 11.9. The molecule has 0 saturated carbocycles. The molecule has 0 aromatic rings. The quantitative estimate of drug-likeness (QED) is 0.733. The van der Waals surface area contributed by atoms with Gasteiger partial charge in [0, 0.05) is 12.1 Å². The number of nitrogens with zero attached hydrogens (tertiary/aromatic N) is 1. The van der Waals surface area contributed by atoms with Crippen molar-refractivity contribution in [3.63, 3.8) is 0 Å². The van der Waals surface area contributed by atoms with E-state index in [0.717, 1.165) is 11.3 Å². The molecule has 0 atom stereocenters. The predicted octanol–water partition coefficient (Wildman–Crippen LogP) is 3.26. The zero-order valence-electron chi connectivity index (χ0n) is 9.27. The van der Waals surface area contributed by atoms with Crippen LogP contribution in [0.5, 0.6) is 0 Å². The molecule has 1 aliphatic rings. The van der Waals surface area contributed by atoms with Gasteiger partial charge in [-0.2, -0.15) is 13.2 Å². The minimum Gasteiger partial charge on any atom is -0.487 e. The second-order valence-electron chi connectivity index (χ2n) is 3.51. The van der Waals surface area contributed by atoms with Crippen LogP contribution >= 0.6 is 0 Å². The Morgan fingerprint density at radius 3 is 2.69 bits per heavy atom. The minimum atomic E-state index is -4.29. The van der Waals surface area contributed by atoms with Crippen LogP contribution in [0.4, 0.5) is 13.2 Å². The Morgan fingerprint density at radius 1 is 1.56 bits per heavy atom. The molecule has 5 heteroatoms. The van der Waals surface area contributed by atoms with E-state index in [9.17, 15) is 13.2 Å². The van der Waals surface area contributed by atoms with Crippen LogP contribution in [0.25, 0.3) is 0 Å². The Morgan fingerprint density at radius 2 is 2.25 bits per heavy atom. The van der Waals surface area contributed by atoms with Gasteiger partial charge in [-0.3, -0.25) is 4.99 Å². The molecule has 0 spiro atoms. The Kier molecular flexibility index (Phi) is 4.15. The van der Waals surface area contributed by atoms with Gasteiger partial charge in [-0.15, -0.1) is 0 Å². The van der Waals surface area contributed by atoms with Gasteiger partial charge in [0.15, 0.2) is 6.61 Å². The van der Waals surface area contributed by atoms with E-state index in [2.05, 4.69) is 9.73 Å². The van der Waals surface area contributed by atoms with Crippen LogP contribution in [0.2, 0.25) is 0 Å². The summed E-state index contributed by atoms with van der Waals surface area (Å²) < 4.78 is 40.2. The van der Waals surface area contributed by atoms with Crippen LogP contribution in [-0.4, -0.2) is 25.0 Å². The fourth-order valence-corrected chi connectivity index (χ4v) is 1.24. The van der Waals surface area contributed by atoms with E-state index in [1.165, 1.54) is 0 Å². The molecule has 16 heavy (non-hydrogen) atoms. The van der Waals surface area contributed by atoms with Crippen molar-refractivity contribution >= 4 is 5.71 Å². The fraction of sp³-hybridized carbons (Fsp3) is 0.545. The molecule has 0 amide bonds. The molecule has 1 aliphatic heterocycles. The Balaban J connectivity index is 2.45. The van der Waals surface area contributed by atoms with E-state index in [1.807, 2.05) is 19.9 Å². The van der Waals surface area contributed by atoms with Crippen molar-refractivity contribution in [2.75, 3.05) is 13.2 Å². The molecule has 2 nitrogen and oxygen atoms in total. The van der Waals surface area contributed by atoms with Crippen molar-refractivity contribution in [3.8, 4) is 0 Å². The maximum absolute atomic E-state index is 11.9. The van der Waals surface area contributed by atoms with Crippen molar-refractivity contribution in [3.05, 3.63) is 23.5 Å². The summed E-state index contributed by atoms with van der Waals surface area (Å²) in [5, 5.41) is 0. The zero-order valence-corrected chi connectivity index (χ0v) is 9.27. The van der Waals surface area contributed by atoms with Gasteiger partial charge in [0.25, 0.3) is 0 Å². The van der Waals surface area contributed by atoms with Crippen LogP contribution in [0.1, 0.15) is 20.3 Å². The molecule has 90 valence electrons. The zero-order chi connectivity index (χ0) is 12.2. The summed E-state index contributed by atoms with van der Waals surface area (Å²) in [6, 6.07) is 0. The lowest BCUT2D eigenvalue weighted by atomic mass is 10.1. The Hall–Kier alpha value is -1.26. The fourth-order valence-electron chi connectivity index (χ4n) is 1.24. The van der Waals surface area contributed by atoms with E-state index in [4.69, 9.17) is 0 Å². The summed E-state index contributed by atoms with van der Waals surface area (Å²) in [6.45, 7) is 2.77. The third kappa shape index (κ3) is 4.08. The first-order valence-corrected chi connectivity index (χ1v) is 4.97. The van der Waals surface area contributed by atoms with Crippen LogP contribution in [0.15, 0.2) is 28.5 Å². The lowest BCUT2D eigenvalue weighted by molar-refractivity contribution is -0.164. The van der Waals surface area contributed by atoms with Gasteiger partial charge in [-0.05, 0) is 25.5 Å². The SMILES string of the molecule is C/C=C(\C)C1=NCC(OCC(F)(F)F)=CC1. The minimum absolute atomic E-state index is 0.191. The molecule has 0 bridgehead atoms. The molecule has 0 aliphatic carbocycles. The average Bonchev–Trinajstić information content (AvgIpc) is 2.25. The molecular formula is C11H14F3NO. The van der Waals surface area contributed by atoms with Gasteiger partial charge >= 0.3 is 6.18 Å². The molecular weight excluding hydrogens is 219 g/mol. The van der Waals surface area contributed by atoms with Crippen molar-refractivity contribution in [1.82, 2.24) is 0 Å². The first kappa shape index (κ1) is 12.8. The first-order valence-electron chi connectivity index (χ1n) is 4.97. The molecule has 1 heterocycles. The molecule has 1 rings (SSSR count). The third-order valence-corrected chi connectivity index (χ3v) is 2.26. The summed E-state index contributed by atoms with van der Waals surface area (Å²) in [4.78, 5) is 4.17. The molecule has 0 aromatic heterocycles. The summed E-state index contributed by atoms with van der Waals surface area (Å²) >= 11 is 0. The number of halogens is 3. The number of allylic oxidation sites excluding steroid dienone is 3. The molecule has 0 aromatic carbocycles. The van der Waals surface area contributed by atoms with Crippen LogP contribution in [-0.2, 0) is 4.74 Å². The lowest BCUT2D eigenvalue weighted by Crippen LogP contribution is -2.19. The number of hydrogen-bond acceptors (Lipinski definition) is 2. The Labute approximate surface area is 92.5 Å². The monoisotopic (exact) mass is 233 g/mol. The highest BCUT2D eigenvalue weighted by Crippen LogP contribution is 2.19. The van der Waals surface area contributed by atoms with Crippen molar-refractivity contribution in [2.24, 2.45) is 4.99 Å². The van der Waals surface area contributed by atoms with E-state index in [1.54, 1.807) is 6.08 Å². The average molecular weight is 233 g/mol. The second kappa shape index (κ2) is 5.18. The first-order chi connectivity index (χ1) is 7.42. The van der Waals surface area contributed by atoms with Gasteiger partial charge in [0.2, 0.25) is 0 Å². The molecule has 0 radical (unpaired) electrons. The number of alkyl halides is 3. The van der Waals surface area contributed by atoms with Crippen molar-refractivity contribution in [2.45, 2.75) is 26.4 Å². The van der Waals surface area contributed by atoms with E-state index < -0.39 is 12.8 Å². The summed E-state index contributed by atoms with van der Waals surface area (Å²) in [5.41, 5.74) is 1.95. The Bertz CT molecular complexity index is 340. The standard InChI is InChI=1S/C11H14F3NO/c1-3-8(2)10-5-4-9(6-15-10)16-7-11(12,13)14/h3-4H,5-7H2,1-2H3/b8-3+. The molecule has 0 fully saturated rings. The van der Waals surface area contributed by atoms with Crippen LogP contribution < -0.4 is 0 Å². The largest absolute Gasteiger partial charge is 0.487 e. The number of rotatable bonds is 3. The topological polar surface area (TPSA) is 21.6 Å². The van der Waals surface area contributed by atoms with Crippen LogP contribution in [0.3, 0.4) is 0 Å². The normalized spacial score (nSPS) is 17.9. The van der Waals surface area contributed by atoms with Gasteiger partial charge < -0.3 is 4.74 Å². The highest BCUT2D eigenvalue weighted by atomic mass is 19.4. The molecule has 0 saturated heterocycles. The molecule has 0 unspecified atom stereocenters. The number of aliphatic imine (C=N–C) groups is 1. The van der Waals surface area contributed by atoms with Crippen molar-refractivity contribution < 1.29 is 17.9 Å². The summed E-state index contributed by atoms with van der Waals surface area (Å²) in [5.74, 6) is 0.296. The highest BCUT2D eigenvalue weighted by Gasteiger charge is 2.28. The number of hydrogen-bond donors (Lipinski definition) is 0. The molecule has 0 N–H and O–H groups in total. The van der Waals surface area contributed by atoms with E-state index in [-0.39, 0.29) is 6.54 Å². The van der Waals surface area contributed by atoms with E-state index >= 15 is 0 Å². The summed E-state index contributed by atoms with van der Waals surface area (Å²) in [6.07, 6.45) is -0.178. The van der Waals surface area contributed by atoms with Gasteiger partial charge in [0.05, 0.1) is 6.54 Å². The number of dihydropyridines is 1. The lowest BCUT2D eigenvalue weighted by Gasteiger charge is -2.15. The second-order valence-corrected chi connectivity index (χ2v) is 3.51. The van der Waals surface area contributed by atoms with Gasteiger partial charge in [-0.25, -0.2) is 0 Å². The highest BCUT2D eigenvalue weighted by molar-refractivity contribution is 6.01.